The highest BCUT2D eigenvalue weighted by Gasteiger charge is 2.15. The maximum atomic E-state index is 12.2. The Kier molecular flexibility index (Phi) is 8.50. The van der Waals surface area contributed by atoms with Gasteiger partial charge in [0, 0.05) is 25.6 Å². The lowest BCUT2D eigenvalue weighted by molar-refractivity contribution is -0.198. The molecule has 1 saturated heterocycles. The van der Waals surface area contributed by atoms with Gasteiger partial charge in [-0.05, 0) is 31.4 Å². The minimum Gasteiger partial charge on any atom is -0.357 e. The van der Waals surface area contributed by atoms with Gasteiger partial charge in [0.05, 0.1) is 18.1 Å². The van der Waals surface area contributed by atoms with E-state index in [1.165, 1.54) is 24.5 Å². The number of hydroxylamine groups is 1. The molecule has 1 aliphatic rings. The predicted molar refractivity (Wildman–Crippen MR) is 115 cm³/mol. The van der Waals surface area contributed by atoms with Crippen molar-refractivity contribution in [3.63, 3.8) is 0 Å². The summed E-state index contributed by atoms with van der Waals surface area (Å²) in [6.45, 7) is 2.84. The molecule has 2 heterocycles. The van der Waals surface area contributed by atoms with Crippen LogP contribution in [0.2, 0.25) is 0 Å². The van der Waals surface area contributed by atoms with Crippen molar-refractivity contribution in [2.24, 2.45) is 0 Å². The van der Waals surface area contributed by atoms with Crippen LogP contribution in [-0.4, -0.2) is 40.7 Å². The summed E-state index contributed by atoms with van der Waals surface area (Å²) >= 11 is 0. The van der Waals surface area contributed by atoms with Crippen molar-refractivity contribution in [3.8, 4) is 0 Å². The van der Waals surface area contributed by atoms with Crippen molar-refractivity contribution in [1.29, 1.82) is 0 Å². The predicted octanol–water partition coefficient (Wildman–Crippen LogP) is 2.18. The molecule has 2 amide bonds. The van der Waals surface area contributed by atoms with Crippen LogP contribution in [0.1, 0.15) is 37.4 Å². The van der Waals surface area contributed by atoms with Crippen LogP contribution < -0.4 is 16.1 Å². The third-order valence-electron chi connectivity index (χ3n) is 4.57. The lowest BCUT2D eigenvalue weighted by Gasteiger charge is -2.21. The average molecular weight is 425 g/mol. The third-order valence-corrected chi connectivity index (χ3v) is 4.57. The molecule has 0 aliphatic carbocycles. The molecule has 0 radical (unpaired) electrons. The summed E-state index contributed by atoms with van der Waals surface area (Å²) in [6, 6.07) is 9.20. The molecule has 2 atom stereocenters. The lowest BCUT2D eigenvalue weighted by atomic mass is 10.2. The van der Waals surface area contributed by atoms with Crippen LogP contribution in [0, 0.1) is 0 Å². The Balaban J connectivity index is 1.40. The minimum atomic E-state index is -0.482. The molecule has 164 valence electrons. The van der Waals surface area contributed by atoms with E-state index < -0.39 is 18.2 Å². The summed E-state index contributed by atoms with van der Waals surface area (Å²) in [5.41, 5.74) is 3.86. The standard InChI is InChI=1S/C22H27N5O4/c1-16(22(29)25-13-17-7-3-2-4-8-17)26-19-15-23-18(14-24-19)10-11-20(28)27-31-21-9-5-6-12-30-21/h2-4,7-8,10-11,14-16,21H,5-6,9,12-13H2,1H3,(H,24,26)(H,25,29)(H,27,28)/b11-10+/t16-,21?/m1/s1. The second-order valence-corrected chi connectivity index (χ2v) is 7.11. The SMILES string of the molecule is C[C@@H](Nc1cnc(/C=C/C(=O)NOC2CCCCO2)cn1)C(=O)NCc1ccccc1. The Bertz CT molecular complexity index is 867. The van der Waals surface area contributed by atoms with Crippen molar-refractivity contribution in [1.82, 2.24) is 20.8 Å². The van der Waals surface area contributed by atoms with Gasteiger partial charge in [0.15, 0.2) is 6.29 Å². The molecular weight excluding hydrogens is 398 g/mol. The Morgan fingerprint density at radius 3 is 2.77 bits per heavy atom. The first-order valence-electron chi connectivity index (χ1n) is 10.3. The number of anilines is 1. The highest BCUT2D eigenvalue weighted by Crippen LogP contribution is 2.12. The van der Waals surface area contributed by atoms with Gasteiger partial charge >= 0.3 is 0 Å². The molecule has 0 spiro atoms. The van der Waals surface area contributed by atoms with E-state index in [1.807, 2.05) is 30.3 Å². The summed E-state index contributed by atoms with van der Waals surface area (Å²) in [7, 11) is 0. The van der Waals surface area contributed by atoms with Crippen LogP contribution in [0.5, 0.6) is 0 Å². The maximum absolute atomic E-state index is 12.2. The van der Waals surface area contributed by atoms with Gasteiger partial charge in [0.2, 0.25) is 5.91 Å². The molecule has 9 heteroatoms. The van der Waals surface area contributed by atoms with E-state index in [9.17, 15) is 9.59 Å². The van der Waals surface area contributed by atoms with Crippen molar-refractivity contribution in [2.75, 3.05) is 11.9 Å². The van der Waals surface area contributed by atoms with Crippen LogP contribution in [0.15, 0.2) is 48.8 Å². The van der Waals surface area contributed by atoms with Gasteiger partial charge in [0.25, 0.3) is 5.91 Å². The zero-order valence-corrected chi connectivity index (χ0v) is 17.4. The van der Waals surface area contributed by atoms with E-state index in [0.29, 0.717) is 24.7 Å². The molecule has 0 saturated carbocycles. The van der Waals surface area contributed by atoms with Crippen LogP contribution in [-0.2, 0) is 25.7 Å². The molecule has 9 nitrogen and oxygen atoms in total. The molecule has 2 aromatic rings. The molecule has 3 rings (SSSR count). The number of amides is 2. The highest BCUT2D eigenvalue weighted by molar-refractivity contribution is 5.90. The first kappa shape index (κ1) is 22.4. The molecular formula is C22H27N5O4. The van der Waals surface area contributed by atoms with Gasteiger partial charge in [-0.15, -0.1) is 0 Å². The van der Waals surface area contributed by atoms with Gasteiger partial charge in [-0.1, -0.05) is 30.3 Å². The summed E-state index contributed by atoms with van der Waals surface area (Å²) in [4.78, 5) is 37.7. The van der Waals surface area contributed by atoms with E-state index in [0.717, 1.165) is 24.8 Å². The van der Waals surface area contributed by atoms with Crippen LogP contribution in [0.4, 0.5) is 5.82 Å². The number of nitrogens with zero attached hydrogens (tertiary/aromatic N) is 2. The van der Waals surface area contributed by atoms with Crippen LogP contribution in [0.25, 0.3) is 6.08 Å². The Hall–Kier alpha value is -3.30. The van der Waals surface area contributed by atoms with E-state index in [1.54, 1.807) is 6.92 Å². The molecule has 3 N–H and O–H groups in total. The summed E-state index contributed by atoms with van der Waals surface area (Å²) < 4.78 is 5.37. The van der Waals surface area contributed by atoms with Crippen LogP contribution in [0.3, 0.4) is 0 Å². The van der Waals surface area contributed by atoms with Gasteiger partial charge in [-0.3, -0.25) is 14.6 Å². The molecule has 31 heavy (non-hydrogen) atoms. The topological polar surface area (TPSA) is 114 Å². The van der Waals surface area contributed by atoms with Gasteiger partial charge in [-0.2, -0.15) is 0 Å². The third kappa shape index (κ3) is 7.80. The normalized spacial score (nSPS) is 17.1. The van der Waals surface area contributed by atoms with Gasteiger partial charge in [-0.25, -0.2) is 15.3 Å². The van der Waals surface area contributed by atoms with Crippen molar-refractivity contribution >= 4 is 23.7 Å². The van der Waals surface area contributed by atoms with Crippen molar-refractivity contribution in [2.45, 2.75) is 45.1 Å². The molecule has 1 aromatic carbocycles. The fraction of sp³-hybridized carbons (Fsp3) is 0.364. The molecule has 0 bridgehead atoms. The van der Waals surface area contributed by atoms with Gasteiger partial charge < -0.3 is 15.4 Å². The molecule has 1 aliphatic heterocycles. The number of hydrogen-bond donors (Lipinski definition) is 3. The average Bonchev–Trinajstić information content (AvgIpc) is 2.82. The number of nitrogens with one attached hydrogen (secondary N) is 3. The molecule has 1 fully saturated rings. The number of rotatable bonds is 9. The van der Waals surface area contributed by atoms with Crippen molar-refractivity contribution in [3.05, 3.63) is 60.1 Å². The lowest BCUT2D eigenvalue weighted by Crippen LogP contribution is -2.37. The summed E-state index contributed by atoms with van der Waals surface area (Å²) in [6.07, 6.45) is 8.22. The smallest absolute Gasteiger partial charge is 0.267 e. The molecule has 1 aromatic heterocycles. The number of carbonyl (C=O) groups excluding carboxylic acids is 2. The fourth-order valence-electron chi connectivity index (χ4n) is 2.85. The van der Waals surface area contributed by atoms with E-state index in [-0.39, 0.29) is 5.91 Å². The van der Waals surface area contributed by atoms with Crippen molar-refractivity contribution < 1.29 is 19.2 Å². The zero-order valence-electron chi connectivity index (χ0n) is 17.4. The Morgan fingerprint density at radius 2 is 2.06 bits per heavy atom. The minimum absolute atomic E-state index is 0.145. The van der Waals surface area contributed by atoms with E-state index in [2.05, 4.69) is 26.1 Å². The van der Waals surface area contributed by atoms with Gasteiger partial charge in [0.1, 0.15) is 11.9 Å². The Labute approximate surface area is 181 Å². The van der Waals surface area contributed by atoms with E-state index >= 15 is 0 Å². The number of hydrogen-bond acceptors (Lipinski definition) is 7. The second kappa shape index (κ2) is 11.8. The summed E-state index contributed by atoms with van der Waals surface area (Å²) in [5, 5.41) is 5.88. The van der Waals surface area contributed by atoms with E-state index in [4.69, 9.17) is 9.57 Å². The van der Waals surface area contributed by atoms with Crippen LogP contribution >= 0.6 is 0 Å². The largest absolute Gasteiger partial charge is 0.357 e. The number of aromatic nitrogens is 2. The zero-order chi connectivity index (χ0) is 21.9. The second-order valence-electron chi connectivity index (χ2n) is 7.11. The molecule has 1 unspecified atom stereocenters. The Morgan fingerprint density at radius 1 is 1.23 bits per heavy atom. The number of carbonyl (C=O) groups is 2. The number of benzene rings is 1. The maximum Gasteiger partial charge on any atom is 0.267 e. The highest BCUT2D eigenvalue weighted by atomic mass is 16.8. The fourth-order valence-corrected chi connectivity index (χ4v) is 2.85. The quantitative estimate of drug-likeness (QED) is 0.417. The first-order valence-corrected chi connectivity index (χ1v) is 10.3. The summed E-state index contributed by atoms with van der Waals surface area (Å²) in [5.74, 6) is -0.100. The monoisotopic (exact) mass is 425 g/mol. The number of ether oxygens (including phenoxy) is 1. The first-order chi connectivity index (χ1) is 15.1.